The van der Waals surface area contributed by atoms with Gasteiger partial charge in [-0.2, -0.15) is 10.4 Å². The van der Waals surface area contributed by atoms with Crippen molar-refractivity contribution in [2.45, 2.75) is 13.5 Å². The number of nitrogens with one attached hydrogen (secondary N) is 3. The zero-order chi connectivity index (χ0) is 17.8. The fourth-order valence-electron chi connectivity index (χ4n) is 2.38. The molecule has 0 saturated carbocycles. The van der Waals surface area contributed by atoms with Gasteiger partial charge in [0.15, 0.2) is 5.82 Å². The number of nitrogens with zero attached hydrogens (tertiary/aromatic N) is 2. The Morgan fingerprint density at radius 2 is 2.12 bits per heavy atom. The van der Waals surface area contributed by atoms with Gasteiger partial charge in [0.2, 0.25) is 0 Å². The molecule has 0 aliphatic rings. The molecule has 6 nitrogen and oxygen atoms in total. The van der Waals surface area contributed by atoms with E-state index in [1.807, 2.05) is 31.2 Å². The van der Waals surface area contributed by atoms with Crippen LogP contribution in [-0.2, 0) is 6.54 Å². The Bertz CT molecular complexity index is 945. The Labute approximate surface area is 150 Å². The Kier molecular flexibility index (Phi) is 4.78. The topological polar surface area (TPSA) is 96.8 Å². The van der Waals surface area contributed by atoms with Gasteiger partial charge in [0.05, 0.1) is 0 Å². The molecule has 0 aliphatic carbocycles. The molecular weight excluding hydrogens is 338 g/mol. The lowest BCUT2D eigenvalue weighted by Gasteiger charge is -2.07. The first-order valence-electron chi connectivity index (χ1n) is 7.60. The maximum Gasteiger partial charge on any atom is 0.168 e. The van der Waals surface area contributed by atoms with Crippen molar-refractivity contribution in [3.63, 3.8) is 0 Å². The van der Waals surface area contributed by atoms with E-state index in [-0.39, 0.29) is 5.75 Å². The summed E-state index contributed by atoms with van der Waals surface area (Å²) in [5, 5.41) is 33.1. The lowest BCUT2D eigenvalue weighted by molar-refractivity contribution is 0.468. The maximum absolute atomic E-state index is 9.96. The molecule has 3 aromatic rings. The molecular formula is C18H16ClN5O. The quantitative estimate of drug-likeness (QED) is 0.548. The van der Waals surface area contributed by atoms with Crippen LogP contribution in [0.4, 0.5) is 17.3 Å². The van der Waals surface area contributed by atoms with Crippen LogP contribution in [-0.4, -0.2) is 15.3 Å². The first kappa shape index (κ1) is 16.7. The third-order valence-corrected chi connectivity index (χ3v) is 3.89. The minimum Gasteiger partial charge on any atom is -0.508 e. The van der Waals surface area contributed by atoms with Crippen molar-refractivity contribution >= 4 is 28.9 Å². The van der Waals surface area contributed by atoms with E-state index in [9.17, 15) is 10.4 Å². The number of rotatable bonds is 5. The third kappa shape index (κ3) is 3.84. The number of hydrogen-bond donors (Lipinski definition) is 4. The SMILES string of the molecule is Cc1ccc(CNc2n[nH]c(Nc3cccc(Cl)c3)c2C#N)c(O)c1. The van der Waals surface area contributed by atoms with Gasteiger partial charge in [-0.05, 0) is 36.8 Å². The molecule has 0 atom stereocenters. The van der Waals surface area contributed by atoms with E-state index in [2.05, 4.69) is 26.9 Å². The predicted molar refractivity (Wildman–Crippen MR) is 98.2 cm³/mol. The van der Waals surface area contributed by atoms with Gasteiger partial charge >= 0.3 is 0 Å². The Morgan fingerprint density at radius 1 is 1.28 bits per heavy atom. The summed E-state index contributed by atoms with van der Waals surface area (Å²) in [6.07, 6.45) is 0. The van der Waals surface area contributed by atoms with E-state index < -0.39 is 0 Å². The monoisotopic (exact) mass is 353 g/mol. The van der Waals surface area contributed by atoms with Crippen molar-refractivity contribution in [2.75, 3.05) is 10.6 Å². The average Bonchev–Trinajstić information content (AvgIpc) is 2.95. The van der Waals surface area contributed by atoms with Gasteiger partial charge in [-0.25, -0.2) is 0 Å². The second-order valence-corrected chi connectivity index (χ2v) is 5.99. The number of aromatic hydroxyl groups is 1. The van der Waals surface area contributed by atoms with Crippen molar-refractivity contribution in [2.24, 2.45) is 0 Å². The predicted octanol–water partition coefficient (Wildman–Crippen LogP) is 4.30. The number of aromatic nitrogens is 2. The normalized spacial score (nSPS) is 10.3. The molecule has 25 heavy (non-hydrogen) atoms. The number of nitriles is 1. The fraction of sp³-hybridized carbons (Fsp3) is 0.111. The summed E-state index contributed by atoms with van der Waals surface area (Å²) >= 11 is 5.97. The van der Waals surface area contributed by atoms with Crippen LogP contribution in [0, 0.1) is 18.3 Å². The van der Waals surface area contributed by atoms with Crippen LogP contribution in [0.15, 0.2) is 42.5 Å². The Hall–Kier alpha value is -3.17. The molecule has 0 radical (unpaired) electrons. The molecule has 3 rings (SSSR count). The van der Waals surface area contributed by atoms with Crippen molar-refractivity contribution in [3.05, 3.63) is 64.2 Å². The number of phenolic OH excluding ortho intramolecular Hbond substituents is 1. The average molecular weight is 354 g/mol. The minimum absolute atomic E-state index is 0.207. The fourth-order valence-corrected chi connectivity index (χ4v) is 2.57. The number of anilines is 3. The van der Waals surface area contributed by atoms with Gasteiger partial charge in [0.1, 0.15) is 23.2 Å². The third-order valence-electron chi connectivity index (χ3n) is 3.66. The summed E-state index contributed by atoms with van der Waals surface area (Å²) in [7, 11) is 0. The number of aryl methyl sites for hydroxylation is 1. The summed E-state index contributed by atoms with van der Waals surface area (Å²) in [4.78, 5) is 0. The molecule has 0 bridgehead atoms. The molecule has 0 saturated heterocycles. The second-order valence-electron chi connectivity index (χ2n) is 5.56. The van der Waals surface area contributed by atoms with Crippen LogP contribution in [0.5, 0.6) is 5.75 Å². The maximum atomic E-state index is 9.96. The highest BCUT2D eigenvalue weighted by atomic mass is 35.5. The van der Waals surface area contributed by atoms with E-state index in [4.69, 9.17) is 11.6 Å². The number of phenols is 1. The molecule has 0 aliphatic heterocycles. The minimum atomic E-state index is 0.207. The van der Waals surface area contributed by atoms with Crippen LogP contribution in [0.2, 0.25) is 5.02 Å². The number of aromatic amines is 1. The lowest BCUT2D eigenvalue weighted by Crippen LogP contribution is -2.02. The number of halogens is 1. The highest BCUT2D eigenvalue weighted by Gasteiger charge is 2.13. The molecule has 126 valence electrons. The summed E-state index contributed by atoms with van der Waals surface area (Å²) in [5.74, 6) is 1.09. The summed E-state index contributed by atoms with van der Waals surface area (Å²) in [6.45, 7) is 2.26. The first-order valence-corrected chi connectivity index (χ1v) is 7.98. The van der Waals surface area contributed by atoms with Gasteiger partial charge in [-0.15, -0.1) is 0 Å². The van der Waals surface area contributed by atoms with E-state index >= 15 is 0 Å². The van der Waals surface area contributed by atoms with Crippen LogP contribution >= 0.6 is 11.6 Å². The van der Waals surface area contributed by atoms with Crippen molar-refractivity contribution in [3.8, 4) is 11.8 Å². The van der Waals surface area contributed by atoms with E-state index in [1.165, 1.54) is 0 Å². The second kappa shape index (κ2) is 7.16. The van der Waals surface area contributed by atoms with E-state index in [0.29, 0.717) is 28.8 Å². The molecule has 0 unspecified atom stereocenters. The highest BCUT2D eigenvalue weighted by molar-refractivity contribution is 6.30. The molecule has 4 N–H and O–H groups in total. The summed E-state index contributed by atoms with van der Waals surface area (Å²) in [6, 6.07) is 14.7. The largest absolute Gasteiger partial charge is 0.508 e. The van der Waals surface area contributed by atoms with Crippen LogP contribution < -0.4 is 10.6 Å². The zero-order valence-corrected chi connectivity index (χ0v) is 14.2. The molecule has 0 amide bonds. The lowest BCUT2D eigenvalue weighted by atomic mass is 10.1. The standard InChI is InChI=1S/C18H16ClN5O/c1-11-5-6-12(16(25)7-11)10-21-17-15(9-20)18(24-23-17)22-14-4-2-3-13(19)8-14/h2-8,25H,10H2,1H3,(H3,21,22,23,24). The number of H-pyrrole nitrogens is 1. The van der Waals surface area contributed by atoms with Gasteiger partial charge in [0, 0.05) is 22.8 Å². The Morgan fingerprint density at radius 3 is 2.84 bits per heavy atom. The van der Waals surface area contributed by atoms with Gasteiger partial charge < -0.3 is 15.7 Å². The van der Waals surface area contributed by atoms with Crippen molar-refractivity contribution in [1.82, 2.24) is 10.2 Å². The van der Waals surface area contributed by atoms with Gasteiger partial charge in [-0.1, -0.05) is 29.8 Å². The summed E-state index contributed by atoms with van der Waals surface area (Å²) in [5.41, 5.74) is 2.80. The van der Waals surface area contributed by atoms with Crippen LogP contribution in [0.25, 0.3) is 0 Å². The Balaban J connectivity index is 1.77. The molecule has 2 aromatic carbocycles. The number of hydrogen-bond acceptors (Lipinski definition) is 5. The molecule has 0 fully saturated rings. The zero-order valence-electron chi connectivity index (χ0n) is 13.5. The van der Waals surface area contributed by atoms with Gasteiger partial charge in [-0.3, -0.25) is 5.10 Å². The van der Waals surface area contributed by atoms with E-state index in [1.54, 1.807) is 18.2 Å². The molecule has 1 heterocycles. The van der Waals surface area contributed by atoms with Crippen LogP contribution in [0.3, 0.4) is 0 Å². The summed E-state index contributed by atoms with van der Waals surface area (Å²) < 4.78 is 0. The number of benzene rings is 2. The molecule has 7 heteroatoms. The highest BCUT2D eigenvalue weighted by Crippen LogP contribution is 2.26. The molecule has 0 spiro atoms. The van der Waals surface area contributed by atoms with Gasteiger partial charge in [0.25, 0.3) is 0 Å². The molecule has 1 aromatic heterocycles. The van der Waals surface area contributed by atoms with Crippen molar-refractivity contribution < 1.29 is 5.11 Å². The first-order chi connectivity index (χ1) is 12.1. The van der Waals surface area contributed by atoms with Crippen molar-refractivity contribution in [1.29, 1.82) is 5.26 Å². The van der Waals surface area contributed by atoms with Crippen LogP contribution in [0.1, 0.15) is 16.7 Å². The van der Waals surface area contributed by atoms with E-state index in [0.717, 1.165) is 16.8 Å². The smallest absolute Gasteiger partial charge is 0.168 e.